The molecule has 1 fully saturated rings. The van der Waals surface area contributed by atoms with Crippen LogP contribution in [0.15, 0.2) is 15.9 Å². The van der Waals surface area contributed by atoms with Gasteiger partial charge in [-0.2, -0.15) is 0 Å². The summed E-state index contributed by atoms with van der Waals surface area (Å²) in [4.78, 5) is 6.36. The number of hydrogen-bond donors (Lipinski definition) is 1. The van der Waals surface area contributed by atoms with Gasteiger partial charge < -0.3 is 5.73 Å². The van der Waals surface area contributed by atoms with Crippen molar-refractivity contribution < 1.29 is 0 Å². The van der Waals surface area contributed by atoms with Gasteiger partial charge in [-0.25, -0.2) is 0 Å². The SMILES string of the molecule is CC1CN(C(CN)c2cc(Br)cs2)CC(C)N1C. The molecule has 0 aliphatic carbocycles. The first-order valence-electron chi connectivity index (χ1n) is 6.43. The van der Waals surface area contributed by atoms with Crippen molar-refractivity contribution in [2.75, 3.05) is 26.7 Å². The lowest BCUT2D eigenvalue weighted by atomic mass is 10.1. The molecule has 3 nitrogen and oxygen atoms in total. The molecule has 102 valence electrons. The van der Waals surface area contributed by atoms with Crippen LogP contribution in [0.3, 0.4) is 0 Å². The Labute approximate surface area is 122 Å². The third-order valence-corrected chi connectivity index (χ3v) is 5.76. The van der Waals surface area contributed by atoms with E-state index in [1.54, 1.807) is 11.3 Å². The third kappa shape index (κ3) is 2.96. The Balaban J connectivity index is 2.13. The van der Waals surface area contributed by atoms with Crippen LogP contribution >= 0.6 is 27.3 Å². The van der Waals surface area contributed by atoms with Gasteiger partial charge in [-0.1, -0.05) is 0 Å². The molecular weight excluding hydrogens is 310 g/mol. The van der Waals surface area contributed by atoms with Crippen LogP contribution in [0.4, 0.5) is 0 Å². The highest BCUT2D eigenvalue weighted by atomic mass is 79.9. The molecule has 0 bridgehead atoms. The monoisotopic (exact) mass is 331 g/mol. The second-order valence-corrected chi connectivity index (χ2v) is 7.09. The summed E-state index contributed by atoms with van der Waals surface area (Å²) in [6.45, 7) is 7.47. The van der Waals surface area contributed by atoms with Crippen LogP contribution in [-0.4, -0.2) is 48.6 Å². The Morgan fingerprint density at radius 3 is 2.50 bits per heavy atom. The number of thiophene rings is 1. The van der Waals surface area contributed by atoms with E-state index in [2.05, 4.69) is 58.1 Å². The second-order valence-electron chi connectivity index (χ2n) is 5.24. The smallest absolute Gasteiger partial charge is 0.0565 e. The zero-order chi connectivity index (χ0) is 13.3. The number of nitrogens with zero attached hydrogens (tertiary/aromatic N) is 2. The van der Waals surface area contributed by atoms with Gasteiger partial charge in [-0.3, -0.25) is 9.80 Å². The van der Waals surface area contributed by atoms with Gasteiger partial charge in [0.2, 0.25) is 0 Å². The van der Waals surface area contributed by atoms with E-state index in [1.807, 2.05) is 0 Å². The molecule has 5 heteroatoms. The topological polar surface area (TPSA) is 32.5 Å². The van der Waals surface area contributed by atoms with Crippen molar-refractivity contribution in [1.82, 2.24) is 9.80 Å². The van der Waals surface area contributed by atoms with Crippen molar-refractivity contribution >= 4 is 27.3 Å². The van der Waals surface area contributed by atoms with Crippen LogP contribution in [0.2, 0.25) is 0 Å². The maximum atomic E-state index is 6.01. The Bertz CT molecular complexity index is 383. The van der Waals surface area contributed by atoms with E-state index in [9.17, 15) is 0 Å². The van der Waals surface area contributed by atoms with Crippen molar-refractivity contribution in [2.45, 2.75) is 32.0 Å². The summed E-state index contributed by atoms with van der Waals surface area (Å²) in [6.07, 6.45) is 0. The summed E-state index contributed by atoms with van der Waals surface area (Å²) in [5.41, 5.74) is 6.01. The largest absolute Gasteiger partial charge is 0.329 e. The predicted molar refractivity (Wildman–Crippen MR) is 82.1 cm³/mol. The molecule has 3 unspecified atom stereocenters. The summed E-state index contributed by atoms with van der Waals surface area (Å²) in [7, 11) is 2.21. The Morgan fingerprint density at radius 2 is 2.06 bits per heavy atom. The maximum absolute atomic E-state index is 6.01. The molecule has 0 aromatic carbocycles. The fraction of sp³-hybridized carbons (Fsp3) is 0.692. The number of nitrogens with two attached hydrogens (primary N) is 1. The van der Waals surface area contributed by atoms with Crippen LogP contribution in [0.1, 0.15) is 24.8 Å². The Kier molecular flexibility index (Phi) is 4.83. The molecule has 1 aromatic heterocycles. The van der Waals surface area contributed by atoms with Gasteiger partial charge in [-0.05, 0) is 42.9 Å². The number of piperazine rings is 1. The highest BCUT2D eigenvalue weighted by molar-refractivity contribution is 9.10. The minimum absolute atomic E-state index is 0.361. The van der Waals surface area contributed by atoms with E-state index >= 15 is 0 Å². The average Bonchev–Trinajstić information content (AvgIpc) is 2.73. The van der Waals surface area contributed by atoms with Crippen LogP contribution in [-0.2, 0) is 0 Å². The van der Waals surface area contributed by atoms with Crippen molar-refractivity contribution in [3.05, 3.63) is 20.8 Å². The standard InChI is InChI=1S/C13H22BrN3S/c1-9-6-17(7-10(2)16(9)3)12(5-15)13-4-11(14)8-18-13/h4,8-10,12H,5-7,15H2,1-3H3. The first kappa shape index (κ1) is 14.5. The number of likely N-dealkylation sites (N-methyl/N-ethyl adjacent to an activating group) is 1. The molecule has 2 heterocycles. The van der Waals surface area contributed by atoms with E-state index in [0.29, 0.717) is 24.7 Å². The Morgan fingerprint density at radius 1 is 1.44 bits per heavy atom. The molecule has 0 spiro atoms. The van der Waals surface area contributed by atoms with Gasteiger partial charge in [0.05, 0.1) is 6.04 Å². The summed E-state index contributed by atoms with van der Waals surface area (Å²) >= 11 is 5.33. The molecule has 18 heavy (non-hydrogen) atoms. The lowest BCUT2D eigenvalue weighted by molar-refractivity contribution is 0.0360. The van der Waals surface area contributed by atoms with E-state index < -0.39 is 0 Å². The first-order chi connectivity index (χ1) is 8.52. The van der Waals surface area contributed by atoms with Crippen molar-refractivity contribution in [1.29, 1.82) is 0 Å². The lowest BCUT2D eigenvalue weighted by Gasteiger charge is -2.45. The van der Waals surface area contributed by atoms with E-state index in [-0.39, 0.29) is 0 Å². The van der Waals surface area contributed by atoms with Gasteiger partial charge in [-0.15, -0.1) is 11.3 Å². The van der Waals surface area contributed by atoms with E-state index in [0.717, 1.165) is 17.6 Å². The molecule has 0 radical (unpaired) electrons. The molecule has 2 rings (SSSR count). The predicted octanol–water partition coefficient (Wildman–Crippen LogP) is 2.53. The second kappa shape index (κ2) is 6.01. The zero-order valence-corrected chi connectivity index (χ0v) is 13.7. The van der Waals surface area contributed by atoms with Crippen LogP contribution in [0.5, 0.6) is 0 Å². The molecule has 1 aromatic rings. The first-order valence-corrected chi connectivity index (χ1v) is 8.10. The van der Waals surface area contributed by atoms with E-state index in [1.165, 1.54) is 4.88 Å². The lowest BCUT2D eigenvalue weighted by Crippen LogP contribution is -2.56. The molecule has 3 atom stereocenters. The minimum atomic E-state index is 0.361. The fourth-order valence-corrected chi connectivity index (χ4v) is 4.24. The molecular formula is C13H22BrN3S. The number of rotatable bonds is 3. The highest BCUT2D eigenvalue weighted by Crippen LogP contribution is 2.31. The number of hydrogen-bond acceptors (Lipinski definition) is 4. The fourth-order valence-electron chi connectivity index (χ4n) is 2.65. The molecule has 0 saturated carbocycles. The molecule has 1 aliphatic rings. The van der Waals surface area contributed by atoms with Crippen LogP contribution in [0.25, 0.3) is 0 Å². The zero-order valence-electron chi connectivity index (χ0n) is 11.3. The minimum Gasteiger partial charge on any atom is -0.329 e. The van der Waals surface area contributed by atoms with Crippen molar-refractivity contribution in [2.24, 2.45) is 5.73 Å². The van der Waals surface area contributed by atoms with Gasteiger partial charge in [0.15, 0.2) is 0 Å². The molecule has 1 aliphatic heterocycles. The van der Waals surface area contributed by atoms with Gasteiger partial charge >= 0.3 is 0 Å². The van der Waals surface area contributed by atoms with Gasteiger partial charge in [0.1, 0.15) is 0 Å². The van der Waals surface area contributed by atoms with Gasteiger partial charge in [0.25, 0.3) is 0 Å². The van der Waals surface area contributed by atoms with Crippen molar-refractivity contribution in [3.63, 3.8) is 0 Å². The highest BCUT2D eigenvalue weighted by Gasteiger charge is 2.31. The normalized spacial score (nSPS) is 28.5. The summed E-state index contributed by atoms with van der Waals surface area (Å²) < 4.78 is 1.16. The van der Waals surface area contributed by atoms with Crippen molar-refractivity contribution in [3.8, 4) is 0 Å². The summed E-state index contributed by atoms with van der Waals surface area (Å²) in [5.74, 6) is 0. The number of halogens is 1. The molecule has 0 amide bonds. The summed E-state index contributed by atoms with van der Waals surface area (Å²) in [6, 6.07) is 3.74. The third-order valence-electron chi connectivity index (χ3n) is 3.97. The average molecular weight is 332 g/mol. The Hall–Kier alpha value is 0.0600. The van der Waals surface area contributed by atoms with E-state index in [4.69, 9.17) is 5.73 Å². The van der Waals surface area contributed by atoms with Crippen LogP contribution in [0, 0.1) is 0 Å². The quantitative estimate of drug-likeness (QED) is 0.923. The summed E-state index contributed by atoms with van der Waals surface area (Å²) in [5, 5.41) is 2.14. The maximum Gasteiger partial charge on any atom is 0.0565 e. The molecule has 1 saturated heterocycles. The van der Waals surface area contributed by atoms with Crippen LogP contribution < -0.4 is 5.73 Å². The van der Waals surface area contributed by atoms with Gasteiger partial charge in [0, 0.05) is 46.4 Å². The molecule has 2 N–H and O–H groups in total.